The molecule has 0 aromatic heterocycles. The number of hydrogen-bond acceptors (Lipinski definition) is 2. The van der Waals surface area contributed by atoms with Gasteiger partial charge in [-0.1, -0.05) is 34.1 Å². The van der Waals surface area contributed by atoms with E-state index in [-0.39, 0.29) is 5.71 Å². The molecule has 0 fully saturated rings. The summed E-state index contributed by atoms with van der Waals surface area (Å²) >= 11 is 3.39. The highest BCUT2D eigenvalue weighted by molar-refractivity contribution is 9.10. The second-order valence-corrected chi connectivity index (χ2v) is 6.02. The van der Waals surface area contributed by atoms with Crippen LogP contribution in [-0.4, -0.2) is 29.3 Å². The van der Waals surface area contributed by atoms with E-state index in [1.165, 1.54) is 23.8 Å². The topological polar surface area (TPSA) is 40.4 Å². The van der Waals surface area contributed by atoms with Gasteiger partial charge in [0.15, 0.2) is 11.5 Å². The van der Waals surface area contributed by atoms with Crippen LogP contribution in [0.3, 0.4) is 0 Å². The number of amides is 3. The van der Waals surface area contributed by atoms with E-state index in [1.54, 1.807) is 18.2 Å². The largest absolute Gasteiger partial charge is 0.506 e. The SMILES string of the molecule is Cc1c(Br)cccc1N1C(=O)C2C=CC=C(F)C2=[N+](C)C1=O. The fourth-order valence-electron chi connectivity index (χ4n) is 2.69. The maximum atomic E-state index is 14.0. The Bertz CT molecular complexity index is 795. The lowest BCUT2D eigenvalue weighted by atomic mass is 9.93. The van der Waals surface area contributed by atoms with Crippen LogP contribution in [-0.2, 0) is 4.79 Å². The average molecular weight is 364 g/mol. The first-order valence-electron chi connectivity index (χ1n) is 6.71. The van der Waals surface area contributed by atoms with Crippen molar-refractivity contribution in [1.29, 1.82) is 0 Å². The van der Waals surface area contributed by atoms with Crippen molar-refractivity contribution in [2.24, 2.45) is 5.92 Å². The molecule has 0 saturated carbocycles. The third-order valence-corrected chi connectivity index (χ3v) is 4.75. The van der Waals surface area contributed by atoms with Crippen molar-refractivity contribution in [2.45, 2.75) is 6.92 Å². The molecule has 0 bridgehead atoms. The van der Waals surface area contributed by atoms with Crippen molar-refractivity contribution in [2.75, 3.05) is 11.9 Å². The van der Waals surface area contributed by atoms with Gasteiger partial charge in [-0.05, 0) is 25.1 Å². The number of allylic oxidation sites excluding steroid dienone is 3. The van der Waals surface area contributed by atoms with Crippen LogP contribution in [0.2, 0.25) is 0 Å². The number of urea groups is 1. The molecule has 112 valence electrons. The highest BCUT2D eigenvalue weighted by atomic mass is 79.9. The van der Waals surface area contributed by atoms with E-state index < -0.39 is 23.7 Å². The van der Waals surface area contributed by atoms with Gasteiger partial charge in [-0.2, -0.15) is 9.37 Å². The van der Waals surface area contributed by atoms with Gasteiger partial charge in [0.05, 0.1) is 7.05 Å². The summed E-state index contributed by atoms with van der Waals surface area (Å²) in [4.78, 5) is 26.4. The van der Waals surface area contributed by atoms with E-state index in [0.717, 1.165) is 14.9 Å². The molecule has 0 N–H and O–H groups in total. The van der Waals surface area contributed by atoms with Crippen molar-refractivity contribution in [3.63, 3.8) is 0 Å². The maximum Gasteiger partial charge on any atom is 0.506 e. The van der Waals surface area contributed by atoms with Gasteiger partial charge in [-0.15, -0.1) is 4.90 Å². The summed E-state index contributed by atoms with van der Waals surface area (Å²) in [5, 5.41) is 0. The summed E-state index contributed by atoms with van der Waals surface area (Å²) in [6.07, 6.45) is 4.35. The van der Waals surface area contributed by atoms with Crippen molar-refractivity contribution < 1.29 is 18.6 Å². The zero-order valence-corrected chi connectivity index (χ0v) is 13.6. The number of nitrogens with zero attached hydrogens (tertiary/aromatic N) is 2. The van der Waals surface area contributed by atoms with Crippen LogP contribution in [0.4, 0.5) is 14.9 Å². The minimum atomic E-state index is -0.786. The van der Waals surface area contributed by atoms with Crippen LogP contribution in [0.25, 0.3) is 0 Å². The minimum Gasteiger partial charge on any atom is -0.245 e. The zero-order chi connectivity index (χ0) is 16.0. The van der Waals surface area contributed by atoms with Gasteiger partial charge in [0, 0.05) is 10.0 Å². The molecule has 1 unspecified atom stereocenters. The Hall–Kier alpha value is -2.08. The van der Waals surface area contributed by atoms with Gasteiger partial charge >= 0.3 is 11.9 Å². The smallest absolute Gasteiger partial charge is 0.245 e. The molecule has 3 amide bonds. The summed E-state index contributed by atoms with van der Waals surface area (Å²) in [5.74, 6) is -1.79. The van der Waals surface area contributed by atoms with E-state index in [0.29, 0.717) is 5.69 Å². The molecule has 2 aliphatic rings. The molecule has 4 nitrogen and oxygen atoms in total. The summed E-state index contributed by atoms with van der Waals surface area (Å²) < 4.78 is 16.0. The first kappa shape index (κ1) is 14.8. The average Bonchev–Trinajstić information content (AvgIpc) is 2.49. The molecule has 1 aliphatic heterocycles. The summed E-state index contributed by atoms with van der Waals surface area (Å²) in [6.45, 7) is 1.82. The molecule has 22 heavy (non-hydrogen) atoms. The van der Waals surface area contributed by atoms with Gasteiger partial charge in [-0.3, -0.25) is 0 Å². The Morgan fingerprint density at radius 2 is 2.05 bits per heavy atom. The highest BCUT2D eigenvalue weighted by Gasteiger charge is 2.49. The predicted molar refractivity (Wildman–Crippen MR) is 84.8 cm³/mol. The number of halogens is 2. The number of imide groups is 1. The van der Waals surface area contributed by atoms with Crippen LogP contribution in [0.5, 0.6) is 0 Å². The van der Waals surface area contributed by atoms with Crippen LogP contribution in [0.1, 0.15) is 5.56 Å². The first-order valence-corrected chi connectivity index (χ1v) is 7.50. The number of anilines is 1. The second-order valence-electron chi connectivity index (χ2n) is 5.16. The van der Waals surface area contributed by atoms with E-state index in [9.17, 15) is 14.0 Å². The van der Waals surface area contributed by atoms with E-state index in [1.807, 2.05) is 13.0 Å². The minimum absolute atomic E-state index is 0.0985. The van der Waals surface area contributed by atoms with Crippen LogP contribution >= 0.6 is 15.9 Å². The Kier molecular flexibility index (Phi) is 3.56. The van der Waals surface area contributed by atoms with Crippen LogP contribution < -0.4 is 4.90 Å². The van der Waals surface area contributed by atoms with Crippen molar-refractivity contribution >= 4 is 39.3 Å². The van der Waals surface area contributed by atoms with Gasteiger partial charge in [0.1, 0.15) is 11.6 Å². The van der Waals surface area contributed by atoms with Crippen molar-refractivity contribution in [1.82, 2.24) is 0 Å². The Balaban J connectivity index is 2.18. The Morgan fingerprint density at radius 3 is 2.77 bits per heavy atom. The lowest BCUT2D eigenvalue weighted by Gasteiger charge is -2.26. The number of hydrogen-bond donors (Lipinski definition) is 0. The summed E-state index contributed by atoms with van der Waals surface area (Å²) in [6, 6.07) is 4.73. The van der Waals surface area contributed by atoms with Gasteiger partial charge in [0.25, 0.3) is 0 Å². The number of rotatable bonds is 1. The third kappa shape index (κ3) is 2.06. The van der Waals surface area contributed by atoms with Crippen LogP contribution in [0, 0.1) is 12.8 Å². The van der Waals surface area contributed by atoms with E-state index in [2.05, 4.69) is 15.9 Å². The molecule has 1 aromatic rings. The second kappa shape index (κ2) is 5.28. The number of carbonyl (C=O) groups excluding carboxylic acids is 2. The maximum absolute atomic E-state index is 14.0. The monoisotopic (exact) mass is 363 g/mol. The first-order chi connectivity index (χ1) is 10.4. The van der Waals surface area contributed by atoms with Crippen LogP contribution in [0.15, 0.2) is 46.7 Å². The zero-order valence-electron chi connectivity index (χ0n) is 12.0. The molecule has 0 saturated heterocycles. The predicted octanol–water partition coefficient (Wildman–Crippen LogP) is 3.35. The van der Waals surface area contributed by atoms with Gasteiger partial charge < -0.3 is 0 Å². The summed E-state index contributed by atoms with van der Waals surface area (Å²) in [5.41, 5.74) is 1.37. The number of carbonyl (C=O) groups is 2. The standard InChI is InChI=1S/C16H13BrFN2O2/c1-9-11(17)6-4-8-13(9)20-15(21)10-5-3-7-12(18)14(10)19(2)16(20)22/h3-8,10H,1-2H3/q+1. The lowest BCUT2D eigenvalue weighted by molar-refractivity contribution is -0.395. The number of benzene rings is 1. The highest BCUT2D eigenvalue weighted by Crippen LogP contribution is 2.32. The molecular formula is C16H13BrFN2O2+. The molecule has 0 radical (unpaired) electrons. The van der Waals surface area contributed by atoms with Gasteiger partial charge in [-0.25, -0.2) is 9.18 Å². The van der Waals surface area contributed by atoms with E-state index in [4.69, 9.17) is 0 Å². The van der Waals surface area contributed by atoms with E-state index >= 15 is 0 Å². The molecule has 1 atom stereocenters. The normalized spacial score (nSPS) is 21.2. The molecule has 0 spiro atoms. The Morgan fingerprint density at radius 1 is 1.32 bits per heavy atom. The number of fused-ring (bicyclic) bond motifs is 1. The van der Waals surface area contributed by atoms with Crippen molar-refractivity contribution in [3.05, 3.63) is 52.3 Å². The van der Waals surface area contributed by atoms with Gasteiger partial charge in [0.2, 0.25) is 0 Å². The molecule has 6 heteroatoms. The quantitative estimate of drug-likeness (QED) is 0.718. The molecule has 3 rings (SSSR count). The molecular weight excluding hydrogens is 351 g/mol. The lowest BCUT2D eigenvalue weighted by Crippen LogP contribution is -2.54. The molecule has 1 heterocycles. The molecule has 1 aromatic carbocycles. The summed E-state index contributed by atoms with van der Waals surface area (Å²) in [7, 11) is 1.48. The van der Waals surface area contributed by atoms with Crippen molar-refractivity contribution in [3.8, 4) is 0 Å². The third-order valence-electron chi connectivity index (χ3n) is 3.89. The molecule has 1 aliphatic carbocycles. The fourth-order valence-corrected chi connectivity index (χ4v) is 3.05. The fraction of sp³-hybridized carbons (Fsp3) is 0.188. The Labute approximate surface area is 135 Å².